The van der Waals surface area contributed by atoms with Gasteiger partial charge in [0.1, 0.15) is 0 Å². The van der Waals surface area contributed by atoms with Gasteiger partial charge in [0.05, 0.1) is 23.5 Å². The third-order valence-electron chi connectivity index (χ3n) is 2.31. The van der Waals surface area contributed by atoms with Gasteiger partial charge in [0.25, 0.3) is 0 Å². The first-order chi connectivity index (χ1) is 7.68. The van der Waals surface area contributed by atoms with E-state index in [1.54, 1.807) is 6.92 Å². The van der Waals surface area contributed by atoms with Crippen molar-refractivity contribution in [2.75, 3.05) is 0 Å². The summed E-state index contributed by atoms with van der Waals surface area (Å²) in [6.45, 7) is 1.58. The Morgan fingerprint density at radius 2 is 2.06 bits per heavy atom. The van der Waals surface area contributed by atoms with Gasteiger partial charge in [0, 0.05) is 0 Å². The molecule has 16 heavy (non-hydrogen) atoms. The molecule has 0 aliphatic heterocycles. The van der Waals surface area contributed by atoms with E-state index in [0.717, 1.165) is 5.69 Å². The molecule has 0 saturated carbocycles. The maximum Gasteiger partial charge on any atom is 0.312 e. The lowest BCUT2D eigenvalue weighted by atomic mass is 10.1. The molecule has 2 rings (SSSR count). The first-order valence-electron chi connectivity index (χ1n) is 4.89. The van der Waals surface area contributed by atoms with Gasteiger partial charge in [-0.3, -0.25) is 4.79 Å². The van der Waals surface area contributed by atoms with Crippen molar-refractivity contribution in [3.8, 4) is 5.69 Å². The molecule has 1 aromatic heterocycles. The average Bonchev–Trinajstić information content (AvgIpc) is 2.78. The molecule has 0 radical (unpaired) electrons. The van der Waals surface area contributed by atoms with Crippen molar-refractivity contribution < 1.29 is 9.90 Å². The van der Waals surface area contributed by atoms with E-state index in [1.165, 1.54) is 11.0 Å². The average molecular weight is 217 g/mol. The van der Waals surface area contributed by atoms with Crippen LogP contribution in [-0.2, 0) is 4.79 Å². The topological polar surface area (TPSA) is 68.0 Å². The summed E-state index contributed by atoms with van der Waals surface area (Å²) in [6, 6.07) is 9.36. The van der Waals surface area contributed by atoms with Crippen LogP contribution < -0.4 is 0 Å². The van der Waals surface area contributed by atoms with Crippen LogP contribution >= 0.6 is 0 Å². The smallest absolute Gasteiger partial charge is 0.312 e. The fourth-order valence-electron chi connectivity index (χ4n) is 1.29. The molecule has 1 aromatic carbocycles. The molecule has 0 spiro atoms. The molecule has 0 amide bonds. The molecule has 0 aliphatic rings. The quantitative estimate of drug-likeness (QED) is 0.845. The second-order valence-electron chi connectivity index (χ2n) is 3.45. The molecule has 1 N–H and O–H groups in total. The maximum absolute atomic E-state index is 10.8. The molecular formula is C11H11N3O2. The van der Waals surface area contributed by atoms with Gasteiger partial charge in [-0.05, 0) is 19.1 Å². The zero-order valence-corrected chi connectivity index (χ0v) is 8.74. The number of hydrogen-bond donors (Lipinski definition) is 1. The van der Waals surface area contributed by atoms with Crippen molar-refractivity contribution in [1.29, 1.82) is 0 Å². The Balaban J connectivity index is 2.30. The van der Waals surface area contributed by atoms with Crippen LogP contribution in [0.2, 0.25) is 0 Å². The van der Waals surface area contributed by atoms with Crippen LogP contribution in [0.1, 0.15) is 18.5 Å². The van der Waals surface area contributed by atoms with Crippen LogP contribution in [0.15, 0.2) is 36.5 Å². The zero-order valence-electron chi connectivity index (χ0n) is 8.74. The minimum Gasteiger partial charge on any atom is -0.481 e. The predicted molar refractivity (Wildman–Crippen MR) is 57.4 cm³/mol. The molecule has 1 unspecified atom stereocenters. The summed E-state index contributed by atoms with van der Waals surface area (Å²) in [7, 11) is 0. The molecule has 1 atom stereocenters. The highest BCUT2D eigenvalue weighted by Crippen LogP contribution is 2.12. The van der Waals surface area contributed by atoms with E-state index in [0.29, 0.717) is 5.69 Å². The molecule has 5 heteroatoms. The van der Waals surface area contributed by atoms with E-state index < -0.39 is 11.9 Å². The Kier molecular flexibility index (Phi) is 2.68. The van der Waals surface area contributed by atoms with Gasteiger partial charge in [-0.1, -0.05) is 18.2 Å². The van der Waals surface area contributed by atoms with Crippen molar-refractivity contribution in [2.24, 2.45) is 0 Å². The fraction of sp³-hybridized carbons (Fsp3) is 0.182. The monoisotopic (exact) mass is 217 g/mol. The summed E-state index contributed by atoms with van der Waals surface area (Å²) < 4.78 is 0. The highest BCUT2D eigenvalue weighted by atomic mass is 16.4. The lowest BCUT2D eigenvalue weighted by Gasteiger charge is -2.00. The van der Waals surface area contributed by atoms with Gasteiger partial charge in [-0.25, -0.2) is 0 Å². The van der Waals surface area contributed by atoms with Crippen molar-refractivity contribution in [2.45, 2.75) is 12.8 Å². The minimum atomic E-state index is -0.903. The third kappa shape index (κ3) is 1.93. The predicted octanol–water partition coefficient (Wildman–Crippen LogP) is 1.46. The van der Waals surface area contributed by atoms with Crippen LogP contribution in [0.3, 0.4) is 0 Å². The van der Waals surface area contributed by atoms with E-state index in [-0.39, 0.29) is 0 Å². The standard InChI is InChI=1S/C11H11N3O2/c1-8(11(15)16)10-7-12-14(13-10)9-5-3-2-4-6-9/h2-8H,1H3,(H,15,16). The summed E-state index contributed by atoms with van der Waals surface area (Å²) in [5, 5.41) is 17.0. The lowest BCUT2D eigenvalue weighted by molar-refractivity contribution is -0.138. The molecule has 0 fully saturated rings. The number of carbonyl (C=O) groups is 1. The number of nitrogens with zero attached hydrogens (tertiary/aromatic N) is 3. The van der Waals surface area contributed by atoms with Crippen LogP contribution in [0.5, 0.6) is 0 Å². The molecule has 5 nitrogen and oxygen atoms in total. The number of aromatic nitrogens is 3. The highest BCUT2D eigenvalue weighted by molar-refractivity contribution is 5.74. The molecule has 1 heterocycles. The normalized spacial score (nSPS) is 12.3. The fourth-order valence-corrected chi connectivity index (χ4v) is 1.29. The van der Waals surface area contributed by atoms with Gasteiger partial charge >= 0.3 is 5.97 Å². The van der Waals surface area contributed by atoms with Gasteiger partial charge < -0.3 is 5.11 Å². The number of rotatable bonds is 3. The maximum atomic E-state index is 10.8. The second kappa shape index (κ2) is 4.14. The molecule has 82 valence electrons. The summed E-state index contributed by atoms with van der Waals surface area (Å²) in [5.41, 5.74) is 1.27. The van der Waals surface area contributed by atoms with Gasteiger partial charge in [-0.15, -0.1) is 0 Å². The Morgan fingerprint density at radius 3 is 2.69 bits per heavy atom. The van der Waals surface area contributed by atoms with E-state index in [9.17, 15) is 4.79 Å². The Labute approximate surface area is 92.3 Å². The van der Waals surface area contributed by atoms with E-state index >= 15 is 0 Å². The number of aliphatic carboxylic acids is 1. The first-order valence-corrected chi connectivity index (χ1v) is 4.89. The molecular weight excluding hydrogens is 206 g/mol. The number of carboxylic acids is 1. The second-order valence-corrected chi connectivity index (χ2v) is 3.45. The number of carboxylic acid groups (broad SMARTS) is 1. The summed E-state index contributed by atoms with van der Waals surface area (Å²) in [4.78, 5) is 12.2. The van der Waals surface area contributed by atoms with Crippen molar-refractivity contribution in [3.05, 3.63) is 42.2 Å². The summed E-state index contributed by atoms with van der Waals surface area (Å²) >= 11 is 0. The minimum absolute atomic E-state index is 0.455. The largest absolute Gasteiger partial charge is 0.481 e. The molecule has 2 aromatic rings. The van der Waals surface area contributed by atoms with Crippen LogP contribution in [0.4, 0.5) is 0 Å². The number of para-hydroxylation sites is 1. The SMILES string of the molecule is CC(C(=O)O)c1cnn(-c2ccccc2)n1. The summed E-state index contributed by atoms with van der Waals surface area (Å²) in [5.74, 6) is -1.54. The van der Waals surface area contributed by atoms with E-state index in [1.807, 2.05) is 30.3 Å². The number of hydrogen-bond acceptors (Lipinski definition) is 3. The highest BCUT2D eigenvalue weighted by Gasteiger charge is 2.17. The van der Waals surface area contributed by atoms with Gasteiger partial charge in [-0.2, -0.15) is 15.0 Å². The Hall–Kier alpha value is -2.17. The van der Waals surface area contributed by atoms with Crippen LogP contribution in [0.25, 0.3) is 5.69 Å². The van der Waals surface area contributed by atoms with Crippen molar-refractivity contribution in [3.63, 3.8) is 0 Å². The summed E-state index contributed by atoms with van der Waals surface area (Å²) in [6.07, 6.45) is 1.48. The van der Waals surface area contributed by atoms with Gasteiger partial charge in [0.15, 0.2) is 0 Å². The van der Waals surface area contributed by atoms with Crippen LogP contribution in [0, 0.1) is 0 Å². The van der Waals surface area contributed by atoms with Gasteiger partial charge in [0.2, 0.25) is 0 Å². The Morgan fingerprint density at radius 1 is 1.38 bits per heavy atom. The van der Waals surface area contributed by atoms with Crippen LogP contribution in [-0.4, -0.2) is 26.1 Å². The van der Waals surface area contributed by atoms with Crippen molar-refractivity contribution >= 4 is 5.97 Å². The molecule has 0 aliphatic carbocycles. The molecule has 0 saturated heterocycles. The van der Waals surface area contributed by atoms with E-state index in [4.69, 9.17) is 5.11 Å². The number of benzene rings is 1. The molecule has 0 bridgehead atoms. The lowest BCUT2D eigenvalue weighted by Crippen LogP contribution is -2.08. The zero-order chi connectivity index (χ0) is 11.5. The third-order valence-corrected chi connectivity index (χ3v) is 2.31. The van der Waals surface area contributed by atoms with Crippen molar-refractivity contribution in [1.82, 2.24) is 15.0 Å². The van der Waals surface area contributed by atoms with E-state index in [2.05, 4.69) is 10.2 Å². The Bertz CT molecular complexity index is 493. The first kappa shape index (κ1) is 10.4.